The van der Waals surface area contributed by atoms with Gasteiger partial charge in [0.1, 0.15) is 12.6 Å². The van der Waals surface area contributed by atoms with Crippen LogP contribution in [0.2, 0.25) is 0 Å². The highest BCUT2D eigenvalue weighted by Crippen LogP contribution is 2.25. The molecule has 0 aromatic rings. The summed E-state index contributed by atoms with van der Waals surface area (Å²) in [5.41, 5.74) is 0. The maximum absolute atomic E-state index is 12.1. The molecule has 2 aliphatic rings. The van der Waals surface area contributed by atoms with E-state index in [1.807, 2.05) is 0 Å². The molecule has 8 nitrogen and oxygen atoms in total. The van der Waals surface area contributed by atoms with E-state index in [2.05, 4.69) is 10.6 Å². The van der Waals surface area contributed by atoms with Gasteiger partial charge in [0.15, 0.2) is 0 Å². The number of nitrogens with zero attached hydrogens (tertiary/aromatic N) is 1. The van der Waals surface area contributed by atoms with Crippen LogP contribution in [0.3, 0.4) is 0 Å². The number of carbonyl (C=O) groups excluding carboxylic acids is 3. The topological polar surface area (TPSA) is 116 Å². The van der Waals surface area contributed by atoms with Crippen molar-refractivity contribution in [2.75, 3.05) is 6.54 Å². The van der Waals surface area contributed by atoms with Crippen LogP contribution < -0.4 is 10.6 Å². The number of amides is 4. The highest BCUT2D eigenvalue weighted by molar-refractivity contribution is 6.03. The highest BCUT2D eigenvalue weighted by Gasteiger charge is 2.36. The Morgan fingerprint density at radius 1 is 1.35 bits per heavy atom. The number of aliphatic carboxylic acids is 1. The quantitative estimate of drug-likeness (QED) is 0.579. The molecule has 3 N–H and O–H groups in total. The van der Waals surface area contributed by atoms with Crippen molar-refractivity contribution in [3.63, 3.8) is 0 Å². The third-order valence-corrected chi connectivity index (χ3v) is 3.79. The predicted octanol–water partition coefficient (Wildman–Crippen LogP) is -0.704. The minimum atomic E-state index is -0.859. The summed E-state index contributed by atoms with van der Waals surface area (Å²) >= 11 is 0. The van der Waals surface area contributed by atoms with E-state index in [0.29, 0.717) is 19.3 Å². The molecule has 1 heterocycles. The third kappa shape index (κ3) is 2.89. The number of hydrogen-bond acceptors (Lipinski definition) is 4. The molecule has 1 unspecified atom stereocenters. The van der Waals surface area contributed by atoms with Crippen molar-refractivity contribution in [3.8, 4) is 0 Å². The molecule has 0 aromatic carbocycles. The normalized spacial score (nSPS) is 30.1. The van der Waals surface area contributed by atoms with Gasteiger partial charge in [-0.25, -0.2) is 4.79 Å². The molecular formula is C12H17N3O5. The Kier molecular flexibility index (Phi) is 3.91. The molecule has 110 valence electrons. The predicted molar refractivity (Wildman–Crippen MR) is 66.6 cm³/mol. The summed E-state index contributed by atoms with van der Waals surface area (Å²) in [7, 11) is 0. The number of hydrogen-bond donors (Lipinski definition) is 3. The van der Waals surface area contributed by atoms with E-state index < -0.39 is 35.8 Å². The lowest BCUT2D eigenvalue weighted by Crippen LogP contribution is -2.61. The van der Waals surface area contributed by atoms with Crippen LogP contribution in [-0.2, 0) is 14.4 Å². The summed E-state index contributed by atoms with van der Waals surface area (Å²) in [6.45, 7) is 1.36. The monoisotopic (exact) mass is 283 g/mol. The van der Waals surface area contributed by atoms with Gasteiger partial charge >= 0.3 is 12.0 Å². The maximum atomic E-state index is 12.1. The first-order valence-electron chi connectivity index (χ1n) is 6.52. The van der Waals surface area contributed by atoms with Gasteiger partial charge < -0.3 is 15.3 Å². The van der Waals surface area contributed by atoms with Crippen LogP contribution in [0.25, 0.3) is 0 Å². The van der Waals surface area contributed by atoms with Crippen LogP contribution >= 0.6 is 0 Å². The number of imide groups is 1. The zero-order chi connectivity index (χ0) is 14.9. The van der Waals surface area contributed by atoms with Gasteiger partial charge in [0.05, 0.1) is 5.92 Å². The fraction of sp³-hybridized carbons (Fsp3) is 0.667. The smallest absolute Gasteiger partial charge is 0.318 e. The zero-order valence-corrected chi connectivity index (χ0v) is 11.1. The van der Waals surface area contributed by atoms with Crippen LogP contribution in [0.15, 0.2) is 0 Å². The van der Waals surface area contributed by atoms with Crippen molar-refractivity contribution in [2.45, 2.75) is 38.3 Å². The van der Waals surface area contributed by atoms with Crippen LogP contribution in [0.4, 0.5) is 4.79 Å². The second-order valence-electron chi connectivity index (χ2n) is 5.21. The van der Waals surface area contributed by atoms with Gasteiger partial charge in [-0.2, -0.15) is 0 Å². The second-order valence-corrected chi connectivity index (χ2v) is 5.21. The largest absolute Gasteiger partial charge is 0.481 e. The molecule has 2 fully saturated rings. The van der Waals surface area contributed by atoms with E-state index in [4.69, 9.17) is 5.11 Å². The number of urea groups is 1. The molecule has 1 saturated heterocycles. The number of nitrogens with one attached hydrogen (secondary N) is 2. The lowest BCUT2D eigenvalue weighted by Gasteiger charge is -2.32. The molecule has 20 heavy (non-hydrogen) atoms. The first kappa shape index (κ1) is 14.3. The van der Waals surface area contributed by atoms with Crippen LogP contribution in [-0.4, -0.2) is 52.4 Å². The fourth-order valence-electron chi connectivity index (χ4n) is 2.56. The molecule has 4 amide bonds. The molecule has 1 aliphatic carbocycles. The van der Waals surface area contributed by atoms with Crippen LogP contribution in [0, 0.1) is 5.92 Å². The molecule has 1 aliphatic heterocycles. The number of carboxylic acid groups (broad SMARTS) is 1. The summed E-state index contributed by atoms with van der Waals surface area (Å²) in [4.78, 5) is 46.8. The molecule has 1 saturated carbocycles. The van der Waals surface area contributed by atoms with Gasteiger partial charge in [0, 0.05) is 6.04 Å². The van der Waals surface area contributed by atoms with E-state index in [-0.39, 0.29) is 12.6 Å². The fourth-order valence-corrected chi connectivity index (χ4v) is 2.56. The van der Waals surface area contributed by atoms with Gasteiger partial charge in [-0.15, -0.1) is 0 Å². The van der Waals surface area contributed by atoms with Crippen molar-refractivity contribution in [2.24, 2.45) is 5.92 Å². The van der Waals surface area contributed by atoms with Crippen molar-refractivity contribution in [3.05, 3.63) is 0 Å². The standard InChI is InChI=1S/C12H17N3O5/c1-6-10(17)14-9(16)5-15(6)12(20)13-8-3-2-7(4-8)11(18)19/h6-8H,2-5H2,1H3,(H,13,20)(H,18,19)(H,14,16,17)/t6?,7-,8+/m1/s1. The van der Waals surface area contributed by atoms with Gasteiger partial charge in [-0.1, -0.05) is 0 Å². The Morgan fingerprint density at radius 2 is 2.05 bits per heavy atom. The Bertz CT molecular complexity index is 464. The first-order valence-corrected chi connectivity index (χ1v) is 6.52. The lowest BCUT2D eigenvalue weighted by atomic mass is 10.1. The van der Waals surface area contributed by atoms with E-state index in [0.717, 1.165) is 4.90 Å². The maximum Gasteiger partial charge on any atom is 0.318 e. The molecule has 8 heteroatoms. The van der Waals surface area contributed by atoms with Crippen molar-refractivity contribution in [1.82, 2.24) is 15.5 Å². The molecule has 2 rings (SSSR count). The number of carbonyl (C=O) groups is 4. The molecule has 0 bridgehead atoms. The molecular weight excluding hydrogens is 266 g/mol. The van der Waals surface area contributed by atoms with E-state index in [9.17, 15) is 19.2 Å². The zero-order valence-electron chi connectivity index (χ0n) is 11.1. The Balaban J connectivity index is 1.93. The lowest BCUT2D eigenvalue weighted by molar-refractivity contribution is -0.141. The molecule has 0 spiro atoms. The third-order valence-electron chi connectivity index (χ3n) is 3.79. The number of piperazine rings is 1. The second kappa shape index (κ2) is 5.48. The Hall–Kier alpha value is -2.12. The van der Waals surface area contributed by atoms with Crippen molar-refractivity contribution >= 4 is 23.8 Å². The summed E-state index contributed by atoms with van der Waals surface area (Å²) in [5, 5.41) is 13.8. The number of rotatable bonds is 2. The van der Waals surface area contributed by atoms with Gasteiger partial charge in [0.2, 0.25) is 11.8 Å². The summed E-state index contributed by atoms with van der Waals surface area (Å²) < 4.78 is 0. The summed E-state index contributed by atoms with van der Waals surface area (Å²) in [6, 6.07) is -1.45. The highest BCUT2D eigenvalue weighted by atomic mass is 16.4. The summed E-state index contributed by atoms with van der Waals surface area (Å²) in [5.74, 6) is -2.32. The van der Waals surface area contributed by atoms with Crippen molar-refractivity contribution in [1.29, 1.82) is 0 Å². The van der Waals surface area contributed by atoms with Crippen LogP contribution in [0.5, 0.6) is 0 Å². The van der Waals surface area contributed by atoms with Gasteiger partial charge in [-0.05, 0) is 26.2 Å². The molecule has 0 radical (unpaired) electrons. The minimum Gasteiger partial charge on any atom is -0.481 e. The summed E-state index contributed by atoms with van der Waals surface area (Å²) in [6.07, 6.45) is 1.49. The first-order chi connectivity index (χ1) is 9.38. The average Bonchev–Trinajstić information content (AvgIpc) is 2.82. The van der Waals surface area contributed by atoms with Gasteiger partial charge in [-0.3, -0.25) is 19.7 Å². The Labute approximate surface area is 115 Å². The SMILES string of the molecule is CC1C(=O)NC(=O)CN1C(=O)N[C@H]1CC[C@@H](C(=O)O)C1. The molecule has 0 aromatic heterocycles. The van der Waals surface area contributed by atoms with E-state index in [1.165, 1.54) is 6.92 Å². The number of carboxylic acids is 1. The van der Waals surface area contributed by atoms with E-state index in [1.54, 1.807) is 0 Å². The van der Waals surface area contributed by atoms with Crippen molar-refractivity contribution < 1.29 is 24.3 Å². The Morgan fingerprint density at radius 3 is 2.65 bits per heavy atom. The molecule has 3 atom stereocenters. The van der Waals surface area contributed by atoms with E-state index >= 15 is 0 Å². The average molecular weight is 283 g/mol. The van der Waals surface area contributed by atoms with Gasteiger partial charge in [0.25, 0.3) is 0 Å². The minimum absolute atomic E-state index is 0.173. The van der Waals surface area contributed by atoms with Crippen LogP contribution in [0.1, 0.15) is 26.2 Å².